The van der Waals surface area contributed by atoms with Crippen molar-refractivity contribution in [3.63, 3.8) is 0 Å². The first-order chi connectivity index (χ1) is 12.6. The Morgan fingerprint density at radius 3 is 2.04 bits per heavy atom. The predicted molar refractivity (Wildman–Crippen MR) is 104 cm³/mol. The lowest BCUT2D eigenvalue weighted by molar-refractivity contribution is 0.186. The van der Waals surface area contributed by atoms with Crippen molar-refractivity contribution >= 4 is 11.7 Å². The van der Waals surface area contributed by atoms with Gasteiger partial charge in [-0.25, -0.2) is 4.79 Å². The summed E-state index contributed by atoms with van der Waals surface area (Å²) in [4.78, 5) is 14.5. The lowest BCUT2D eigenvalue weighted by atomic mass is 9.95. The molecule has 6 heteroatoms. The van der Waals surface area contributed by atoms with E-state index in [0.29, 0.717) is 48.8 Å². The molecule has 146 valence electrons. The van der Waals surface area contributed by atoms with Crippen LogP contribution in [0.3, 0.4) is 0 Å². The molecule has 6 nitrogen and oxygen atoms in total. The Labute approximate surface area is 156 Å². The number of hydrogen-bond acceptors (Lipinski definition) is 4. The van der Waals surface area contributed by atoms with Crippen LogP contribution in [-0.4, -0.2) is 43.8 Å². The molecule has 2 rings (SSSR count). The monoisotopic (exact) mass is 364 g/mol. The Morgan fingerprint density at radius 1 is 1.00 bits per heavy atom. The number of ether oxygens (including phenoxy) is 3. The zero-order chi connectivity index (χ0) is 18.9. The maximum absolute atomic E-state index is 12.7. The summed E-state index contributed by atoms with van der Waals surface area (Å²) in [5.74, 6) is 1.74. The molecule has 0 unspecified atom stereocenters. The quantitative estimate of drug-likeness (QED) is 0.728. The van der Waals surface area contributed by atoms with E-state index in [1.165, 1.54) is 19.3 Å². The fourth-order valence-corrected chi connectivity index (χ4v) is 3.31. The van der Waals surface area contributed by atoms with Crippen LogP contribution in [0, 0.1) is 0 Å². The number of nitrogens with zero attached hydrogens (tertiary/aromatic N) is 1. The van der Waals surface area contributed by atoms with E-state index < -0.39 is 0 Å². The number of hydrogen-bond donors (Lipinski definition) is 1. The van der Waals surface area contributed by atoms with Crippen molar-refractivity contribution in [3.05, 3.63) is 12.1 Å². The molecule has 0 saturated heterocycles. The summed E-state index contributed by atoms with van der Waals surface area (Å²) >= 11 is 0. The fraction of sp³-hybridized carbons (Fsp3) is 0.650. The van der Waals surface area contributed by atoms with Gasteiger partial charge < -0.3 is 24.4 Å². The van der Waals surface area contributed by atoms with Crippen LogP contribution in [0.15, 0.2) is 12.1 Å². The van der Waals surface area contributed by atoms with Crippen LogP contribution < -0.4 is 19.5 Å². The number of urea groups is 1. The molecule has 0 bridgehead atoms. The van der Waals surface area contributed by atoms with Gasteiger partial charge in [-0.1, -0.05) is 19.3 Å². The van der Waals surface area contributed by atoms with Crippen LogP contribution in [-0.2, 0) is 0 Å². The van der Waals surface area contributed by atoms with Gasteiger partial charge in [-0.05, 0) is 33.6 Å². The largest absolute Gasteiger partial charge is 0.490 e. The van der Waals surface area contributed by atoms with Crippen molar-refractivity contribution in [2.24, 2.45) is 0 Å². The van der Waals surface area contributed by atoms with E-state index in [9.17, 15) is 4.79 Å². The maximum Gasteiger partial charge on any atom is 0.321 e. The molecule has 0 heterocycles. The summed E-state index contributed by atoms with van der Waals surface area (Å²) in [7, 11) is 1.87. The van der Waals surface area contributed by atoms with E-state index in [1.807, 2.05) is 32.7 Å². The number of carbonyl (C=O) groups excluding carboxylic acids is 1. The van der Waals surface area contributed by atoms with E-state index in [4.69, 9.17) is 14.2 Å². The molecule has 1 aliphatic rings. The molecule has 0 atom stereocenters. The summed E-state index contributed by atoms with van der Waals surface area (Å²) in [5.41, 5.74) is 0.646. The molecule has 1 N–H and O–H groups in total. The zero-order valence-electron chi connectivity index (χ0n) is 16.5. The second-order valence-electron chi connectivity index (χ2n) is 6.43. The van der Waals surface area contributed by atoms with E-state index in [2.05, 4.69) is 5.32 Å². The van der Waals surface area contributed by atoms with Crippen molar-refractivity contribution in [1.82, 2.24) is 4.90 Å². The number of benzene rings is 1. The molecule has 1 saturated carbocycles. The Kier molecular flexibility index (Phi) is 7.88. The fourth-order valence-electron chi connectivity index (χ4n) is 3.31. The van der Waals surface area contributed by atoms with Crippen LogP contribution >= 0.6 is 0 Å². The molecule has 1 fully saturated rings. The van der Waals surface area contributed by atoms with E-state index in [-0.39, 0.29) is 6.03 Å². The highest BCUT2D eigenvalue weighted by Gasteiger charge is 2.23. The first kappa shape index (κ1) is 20.2. The summed E-state index contributed by atoms with van der Waals surface area (Å²) in [6, 6.07) is 3.79. The predicted octanol–water partition coefficient (Wildman–Crippen LogP) is 4.68. The molecule has 1 aromatic rings. The van der Waals surface area contributed by atoms with E-state index >= 15 is 0 Å². The normalized spacial score (nSPS) is 14.6. The molecular formula is C20H32N2O4. The second kappa shape index (κ2) is 10.1. The third-order valence-corrected chi connectivity index (χ3v) is 4.60. The summed E-state index contributed by atoms with van der Waals surface area (Å²) < 4.78 is 17.1. The van der Waals surface area contributed by atoms with Gasteiger partial charge >= 0.3 is 6.03 Å². The van der Waals surface area contributed by atoms with Crippen molar-refractivity contribution < 1.29 is 19.0 Å². The van der Waals surface area contributed by atoms with E-state index in [0.717, 1.165) is 12.8 Å². The van der Waals surface area contributed by atoms with Crippen molar-refractivity contribution in [2.75, 3.05) is 32.2 Å². The third-order valence-electron chi connectivity index (χ3n) is 4.60. The molecule has 2 amide bonds. The average molecular weight is 364 g/mol. The van der Waals surface area contributed by atoms with Crippen molar-refractivity contribution in [3.8, 4) is 17.2 Å². The van der Waals surface area contributed by atoms with Crippen LogP contribution in [0.2, 0.25) is 0 Å². The van der Waals surface area contributed by atoms with Crippen LogP contribution in [0.25, 0.3) is 0 Å². The maximum atomic E-state index is 12.7. The molecule has 0 aromatic heterocycles. The van der Waals surface area contributed by atoms with Gasteiger partial charge in [0.2, 0.25) is 5.75 Å². The third kappa shape index (κ3) is 5.19. The molecule has 26 heavy (non-hydrogen) atoms. The number of rotatable bonds is 8. The number of anilines is 1. The molecule has 1 aromatic carbocycles. The standard InChI is InChI=1S/C20H32N2O4/c1-5-24-17-13-15(14-18(25-6-2)19(17)26-7-3)21-20(23)22(4)16-11-9-8-10-12-16/h13-14,16H,5-12H2,1-4H3,(H,21,23). The summed E-state index contributed by atoms with van der Waals surface area (Å²) in [5, 5.41) is 2.98. The average Bonchev–Trinajstić information content (AvgIpc) is 2.65. The lowest BCUT2D eigenvalue weighted by Crippen LogP contribution is -2.40. The van der Waals surface area contributed by atoms with Crippen molar-refractivity contribution in [1.29, 1.82) is 0 Å². The minimum Gasteiger partial charge on any atom is -0.490 e. The smallest absolute Gasteiger partial charge is 0.321 e. The Morgan fingerprint density at radius 2 is 1.54 bits per heavy atom. The molecule has 0 spiro atoms. The van der Waals surface area contributed by atoms with Gasteiger partial charge in [0, 0.05) is 25.2 Å². The highest BCUT2D eigenvalue weighted by atomic mass is 16.5. The van der Waals surface area contributed by atoms with Gasteiger partial charge in [-0.3, -0.25) is 0 Å². The van der Waals surface area contributed by atoms with Crippen LogP contribution in [0.4, 0.5) is 10.5 Å². The molecule has 0 radical (unpaired) electrons. The Bertz CT molecular complexity index is 558. The first-order valence-electron chi connectivity index (χ1n) is 9.70. The topological polar surface area (TPSA) is 60.0 Å². The first-order valence-corrected chi connectivity index (χ1v) is 9.70. The Balaban J connectivity index is 2.20. The molecule has 0 aliphatic heterocycles. The SMILES string of the molecule is CCOc1cc(NC(=O)N(C)C2CCCCC2)cc(OCC)c1OCC. The number of nitrogens with one attached hydrogen (secondary N) is 1. The minimum atomic E-state index is -0.106. The lowest BCUT2D eigenvalue weighted by Gasteiger charge is -2.31. The highest BCUT2D eigenvalue weighted by molar-refractivity contribution is 5.90. The minimum absolute atomic E-state index is 0.106. The zero-order valence-corrected chi connectivity index (χ0v) is 16.5. The van der Waals surface area contributed by atoms with Gasteiger partial charge in [-0.2, -0.15) is 0 Å². The number of carbonyl (C=O) groups is 1. The molecular weight excluding hydrogens is 332 g/mol. The van der Waals surface area contributed by atoms with E-state index in [1.54, 1.807) is 12.1 Å². The van der Waals surface area contributed by atoms with Crippen LogP contribution in [0.5, 0.6) is 17.2 Å². The van der Waals surface area contributed by atoms with Crippen LogP contribution in [0.1, 0.15) is 52.9 Å². The molecule has 1 aliphatic carbocycles. The number of amides is 2. The van der Waals surface area contributed by atoms with Crippen molar-refractivity contribution in [2.45, 2.75) is 58.9 Å². The van der Waals surface area contributed by atoms with Gasteiger partial charge in [0.05, 0.1) is 25.5 Å². The van der Waals surface area contributed by atoms with Gasteiger partial charge in [0.1, 0.15) is 0 Å². The Hall–Kier alpha value is -2.11. The van der Waals surface area contributed by atoms with Gasteiger partial charge in [0.15, 0.2) is 11.5 Å². The second-order valence-corrected chi connectivity index (χ2v) is 6.43. The highest BCUT2D eigenvalue weighted by Crippen LogP contribution is 2.41. The summed E-state index contributed by atoms with van der Waals surface area (Å²) in [6.07, 6.45) is 5.78. The van der Waals surface area contributed by atoms with Gasteiger partial charge in [0.25, 0.3) is 0 Å². The summed E-state index contributed by atoms with van der Waals surface area (Å²) in [6.45, 7) is 7.27. The van der Waals surface area contributed by atoms with Gasteiger partial charge in [-0.15, -0.1) is 0 Å².